The second-order valence-electron chi connectivity index (χ2n) is 7.26. The molecule has 0 saturated heterocycles. The van der Waals surface area contributed by atoms with Crippen LogP contribution >= 0.6 is 0 Å². The number of nitrogens with one attached hydrogen (secondary N) is 2. The first-order valence-corrected chi connectivity index (χ1v) is 11.3. The van der Waals surface area contributed by atoms with Gasteiger partial charge in [-0.3, -0.25) is 4.98 Å². The van der Waals surface area contributed by atoms with Crippen molar-refractivity contribution >= 4 is 21.6 Å². The summed E-state index contributed by atoms with van der Waals surface area (Å²) in [5.41, 5.74) is 2.25. The van der Waals surface area contributed by atoms with Crippen molar-refractivity contribution in [2.45, 2.75) is 36.1 Å². The van der Waals surface area contributed by atoms with Crippen LogP contribution in [0.4, 0.5) is 10.5 Å². The number of urea groups is 1. The standard InChI is InChI=1S/C23H25N3O4S/c1-16(2)18-6-11-21(30-3)22(13-18)31(28,29)20-9-7-19(8-10-20)26-23(27)25-15-17-5-4-12-24-14-17/h4-14,16H,15H2,1-3H3,(H2,25,26,27). The molecule has 7 nitrogen and oxygen atoms in total. The maximum Gasteiger partial charge on any atom is 0.319 e. The molecule has 0 unspecified atom stereocenters. The molecule has 0 bridgehead atoms. The number of anilines is 1. The van der Waals surface area contributed by atoms with E-state index in [4.69, 9.17) is 4.74 Å². The van der Waals surface area contributed by atoms with Crippen LogP contribution in [-0.4, -0.2) is 26.5 Å². The molecule has 0 aliphatic rings. The molecular weight excluding hydrogens is 414 g/mol. The quantitative estimate of drug-likeness (QED) is 0.570. The van der Waals surface area contributed by atoms with E-state index in [1.54, 1.807) is 42.7 Å². The largest absolute Gasteiger partial charge is 0.495 e. The van der Waals surface area contributed by atoms with Crippen LogP contribution in [0.3, 0.4) is 0 Å². The lowest BCUT2D eigenvalue weighted by molar-refractivity contribution is 0.251. The van der Waals surface area contributed by atoms with Gasteiger partial charge in [0.25, 0.3) is 0 Å². The SMILES string of the molecule is COc1ccc(C(C)C)cc1S(=O)(=O)c1ccc(NC(=O)NCc2cccnc2)cc1. The number of hydrogen-bond acceptors (Lipinski definition) is 5. The number of nitrogens with zero attached hydrogens (tertiary/aromatic N) is 1. The van der Waals surface area contributed by atoms with Crippen LogP contribution in [0.1, 0.15) is 30.9 Å². The van der Waals surface area contributed by atoms with Gasteiger partial charge in [0.2, 0.25) is 9.84 Å². The maximum atomic E-state index is 13.2. The van der Waals surface area contributed by atoms with Gasteiger partial charge in [-0.05, 0) is 59.5 Å². The molecule has 162 valence electrons. The van der Waals surface area contributed by atoms with Crippen molar-refractivity contribution in [2.75, 3.05) is 12.4 Å². The van der Waals surface area contributed by atoms with E-state index in [1.807, 2.05) is 26.0 Å². The number of carbonyl (C=O) groups is 1. The van der Waals surface area contributed by atoms with E-state index >= 15 is 0 Å². The first-order chi connectivity index (χ1) is 14.8. The highest BCUT2D eigenvalue weighted by Gasteiger charge is 2.23. The van der Waals surface area contributed by atoms with Gasteiger partial charge in [0.05, 0.1) is 12.0 Å². The summed E-state index contributed by atoms with van der Waals surface area (Å²) in [6, 6.07) is 14.5. The second kappa shape index (κ2) is 9.61. The van der Waals surface area contributed by atoms with Crippen LogP contribution in [0.5, 0.6) is 5.75 Å². The number of aromatic nitrogens is 1. The molecule has 0 atom stereocenters. The van der Waals surface area contributed by atoms with E-state index in [0.717, 1.165) is 11.1 Å². The highest BCUT2D eigenvalue weighted by molar-refractivity contribution is 7.91. The third-order valence-corrected chi connectivity index (χ3v) is 6.53. The molecular formula is C23H25N3O4S. The van der Waals surface area contributed by atoms with Gasteiger partial charge in [-0.1, -0.05) is 26.0 Å². The molecule has 0 spiro atoms. The molecule has 3 rings (SSSR count). The Labute approximate surface area is 182 Å². The molecule has 31 heavy (non-hydrogen) atoms. The number of pyridine rings is 1. The van der Waals surface area contributed by atoms with Gasteiger partial charge in [0.15, 0.2) is 0 Å². The number of sulfone groups is 1. The number of amides is 2. The summed E-state index contributed by atoms with van der Waals surface area (Å²) in [6.45, 7) is 4.33. The van der Waals surface area contributed by atoms with Crippen LogP contribution in [-0.2, 0) is 16.4 Å². The van der Waals surface area contributed by atoms with Gasteiger partial charge >= 0.3 is 6.03 Å². The predicted molar refractivity (Wildman–Crippen MR) is 119 cm³/mol. The number of ether oxygens (including phenoxy) is 1. The zero-order valence-corrected chi connectivity index (χ0v) is 18.4. The Hall–Kier alpha value is -3.39. The summed E-state index contributed by atoms with van der Waals surface area (Å²) in [5.74, 6) is 0.470. The van der Waals surface area contributed by atoms with Crippen molar-refractivity contribution < 1.29 is 17.9 Å². The van der Waals surface area contributed by atoms with E-state index < -0.39 is 15.9 Å². The lowest BCUT2D eigenvalue weighted by Crippen LogP contribution is -2.28. The van der Waals surface area contributed by atoms with Gasteiger partial charge in [-0.2, -0.15) is 0 Å². The molecule has 3 aromatic rings. The molecule has 1 aromatic heterocycles. The van der Waals surface area contributed by atoms with E-state index in [-0.39, 0.29) is 15.7 Å². The Balaban J connectivity index is 1.74. The van der Waals surface area contributed by atoms with Crippen LogP contribution in [0.15, 0.2) is 76.8 Å². The topological polar surface area (TPSA) is 97.4 Å². The zero-order chi connectivity index (χ0) is 22.4. The molecule has 0 saturated carbocycles. The van der Waals surface area contributed by atoms with Crippen molar-refractivity contribution in [1.29, 1.82) is 0 Å². The normalized spacial score (nSPS) is 11.2. The van der Waals surface area contributed by atoms with Crippen LogP contribution in [0, 0.1) is 0 Å². The fourth-order valence-corrected chi connectivity index (χ4v) is 4.42. The van der Waals surface area contributed by atoms with Crippen molar-refractivity contribution in [3.8, 4) is 5.75 Å². The fourth-order valence-electron chi connectivity index (χ4n) is 2.97. The minimum Gasteiger partial charge on any atom is -0.495 e. The summed E-state index contributed by atoms with van der Waals surface area (Å²) in [7, 11) is -2.34. The van der Waals surface area contributed by atoms with Crippen LogP contribution in [0.25, 0.3) is 0 Å². The zero-order valence-electron chi connectivity index (χ0n) is 17.6. The summed E-state index contributed by atoms with van der Waals surface area (Å²) < 4.78 is 31.7. The fraction of sp³-hybridized carbons (Fsp3) is 0.217. The van der Waals surface area contributed by atoms with Crippen molar-refractivity contribution in [3.05, 3.63) is 78.1 Å². The van der Waals surface area contributed by atoms with Crippen LogP contribution in [0.2, 0.25) is 0 Å². The Morgan fingerprint density at radius 2 is 1.84 bits per heavy atom. The van der Waals surface area contributed by atoms with E-state index in [0.29, 0.717) is 18.0 Å². The lowest BCUT2D eigenvalue weighted by Gasteiger charge is -2.14. The molecule has 0 radical (unpaired) electrons. The van der Waals surface area contributed by atoms with Crippen LogP contribution < -0.4 is 15.4 Å². The predicted octanol–water partition coefficient (Wildman–Crippen LogP) is 4.37. The second-order valence-corrected chi connectivity index (χ2v) is 9.18. The van der Waals surface area contributed by atoms with Crippen molar-refractivity contribution in [1.82, 2.24) is 10.3 Å². The van der Waals surface area contributed by atoms with Crippen molar-refractivity contribution in [3.63, 3.8) is 0 Å². The molecule has 0 fully saturated rings. The van der Waals surface area contributed by atoms with E-state index in [9.17, 15) is 13.2 Å². The van der Waals surface area contributed by atoms with E-state index in [1.165, 1.54) is 19.2 Å². The summed E-state index contributed by atoms with van der Waals surface area (Å²) in [4.78, 5) is 16.3. The number of hydrogen-bond donors (Lipinski definition) is 2. The number of methoxy groups -OCH3 is 1. The Morgan fingerprint density at radius 3 is 2.45 bits per heavy atom. The highest BCUT2D eigenvalue weighted by atomic mass is 32.2. The lowest BCUT2D eigenvalue weighted by atomic mass is 10.0. The monoisotopic (exact) mass is 439 g/mol. The minimum atomic E-state index is -3.79. The average molecular weight is 440 g/mol. The molecule has 1 heterocycles. The van der Waals surface area contributed by atoms with E-state index in [2.05, 4.69) is 15.6 Å². The third kappa shape index (κ3) is 5.40. The summed E-state index contributed by atoms with van der Waals surface area (Å²) in [5, 5.41) is 5.41. The number of carbonyl (C=O) groups excluding carboxylic acids is 1. The maximum absolute atomic E-state index is 13.2. The molecule has 2 amide bonds. The third-order valence-electron chi connectivity index (χ3n) is 4.74. The highest BCUT2D eigenvalue weighted by Crippen LogP contribution is 2.32. The van der Waals surface area contributed by atoms with Gasteiger partial charge < -0.3 is 15.4 Å². The first-order valence-electron chi connectivity index (χ1n) is 9.78. The summed E-state index contributed by atoms with van der Waals surface area (Å²) in [6.07, 6.45) is 3.33. The Kier molecular flexibility index (Phi) is 6.91. The number of rotatable bonds is 7. The molecule has 0 aliphatic carbocycles. The number of benzene rings is 2. The first kappa shape index (κ1) is 22.3. The van der Waals surface area contributed by atoms with Gasteiger partial charge in [0, 0.05) is 24.6 Å². The van der Waals surface area contributed by atoms with Crippen molar-refractivity contribution in [2.24, 2.45) is 0 Å². The summed E-state index contributed by atoms with van der Waals surface area (Å²) >= 11 is 0. The molecule has 2 N–H and O–H groups in total. The smallest absolute Gasteiger partial charge is 0.319 e. The molecule has 8 heteroatoms. The Bertz CT molecular complexity index is 1150. The van der Waals surface area contributed by atoms with Gasteiger partial charge in [-0.25, -0.2) is 13.2 Å². The molecule has 2 aromatic carbocycles. The Morgan fingerprint density at radius 1 is 1.10 bits per heavy atom. The molecule has 0 aliphatic heterocycles. The van der Waals surface area contributed by atoms with Gasteiger partial charge in [-0.15, -0.1) is 0 Å². The average Bonchev–Trinajstić information content (AvgIpc) is 2.78. The van der Waals surface area contributed by atoms with Gasteiger partial charge in [0.1, 0.15) is 10.6 Å². The minimum absolute atomic E-state index is 0.119.